The summed E-state index contributed by atoms with van der Waals surface area (Å²) in [5, 5.41) is 2.31. The summed E-state index contributed by atoms with van der Waals surface area (Å²) >= 11 is 4.58. The molecule has 0 saturated carbocycles. The summed E-state index contributed by atoms with van der Waals surface area (Å²) in [6, 6.07) is 7.09. The minimum absolute atomic E-state index is 0. The van der Waals surface area contributed by atoms with Crippen LogP contribution in [0.4, 0.5) is 11.4 Å². The first-order chi connectivity index (χ1) is 7.83. The normalized spacial score (nSPS) is 8.94. The first-order valence-corrected chi connectivity index (χ1v) is 4.97. The number of thiocarbonyl (C=S) groups is 1. The van der Waals surface area contributed by atoms with Crippen LogP contribution in [0.3, 0.4) is 0 Å². The Balaban J connectivity index is 0.00000144. The molecule has 2 heterocycles. The Morgan fingerprint density at radius 1 is 1.12 bits per heavy atom. The molecule has 2 N–H and O–H groups in total. The van der Waals surface area contributed by atoms with Gasteiger partial charge in [-0.2, -0.15) is 4.99 Å². The predicted octanol–water partition coefficient (Wildman–Crippen LogP) is 2.46. The maximum absolute atomic E-state index is 5.83. The van der Waals surface area contributed by atoms with Gasteiger partial charge in [-0.25, -0.2) is 0 Å². The molecule has 0 spiro atoms. The molecule has 0 bridgehead atoms. The zero-order chi connectivity index (χ0) is 11.4. The number of hydrogen-bond acceptors (Lipinski definition) is 5. The van der Waals surface area contributed by atoms with Gasteiger partial charge in [0.25, 0.3) is 0 Å². The second kappa shape index (κ2) is 6.22. The monoisotopic (exact) mass is 287 g/mol. The maximum Gasteiger partial charge on any atom is 0.117 e. The molecule has 0 atom stereocenters. The van der Waals surface area contributed by atoms with Gasteiger partial charge in [0.15, 0.2) is 0 Å². The maximum atomic E-state index is 5.83. The average molecular weight is 287 g/mol. The van der Waals surface area contributed by atoms with Gasteiger partial charge in [-0.05, 0) is 36.5 Å². The Morgan fingerprint density at radius 3 is 2.41 bits per heavy atom. The van der Waals surface area contributed by atoms with Crippen molar-refractivity contribution in [1.82, 2.24) is 9.97 Å². The van der Waals surface area contributed by atoms with Crippen molar-refractivity contribution in [1.29, 1.82) is 0 Å². The number of hydrogen-bond donors (Lipinski definition) is 1. The van der Waals surface area contributed by atoms with Crippen LogP contribution in [0.1, 0.15) is 0 Å². The predicted molar refractivity (Wildman–Crippen MR) is 66.6 cm³/mol. The molecule has 2 rings (SSSR count). The molecule has 4 nitrogen and oxygen atoms in total. The summed E-state index contributed by atoms with van der Waals surface area (Å²) in [4.78, 5) is 12.3. The third kappa shape index (κ3) is 2.95. The van der Waals surface area contributed by atoms with Crippen LogP contribution in [0.5, 0.6) is 0 Å². The number of nitrogens with zero attached hydrogens (tertiary/aromatic N) is 3. The van der Waals surface area contributed by atoms with Crippen LogP contribution in [0.25, 0.3) is 11.4 Å². The number of isothiocyanates is 1. The first kappa shape index (κ1) is 13.5. The Hall–Kier alpha value is -1.59. The number of aliphatic imine (C=N–C) groups is 1. The zero-order valence-corrected chi connectivity index (χ0v) is 10.5. The van der Waals surface area contributed by atoms with Gasteiger partial charge in [-0.1, -0.05) is 0 Å². The fourth-order valence-corrected chi connectivity index (χ4v) is 1.43. The van der Waals surface area contributed by atoms with E-state index in [0.717, 1.165) is 0 Å². The van der Waals surface area contributed by atoms with E-state index in [-0.39, 0.29) is 16.8 Å². The fraction of sp³-hybridized carbons (Fsp3) is 0. The van der Waals surface area contributed by atoms with Crippen LogP contribution in [0.15, 0.2) is 41.7 Å². The van der Waals surface area contributed by atoms with E-state index in [2.05, 4.69) is 32.3 Å². The van der Waals surface area contributed by atoms with E-state index in [4.69, 9.17) is 5.73 Å². The Kier molecular flexibility index (Phi) is 4.93. The molecule has 2 aromatic heterocycles. The van der Waals surface area contributed by atoms with E-state index in [1.807, 2.05) is 0 Å². The van der Waals surface area contributed by atoms with Crippen molar-refractivity contribution < 1.29 is 16.8 Å². The first-order valence-electron chi connectivity index (χ1n) is 4.56. The summed E-state index contributed by atoms with van der Waals surface area (Å²) < 4.78 is 0. The number of anilines is 1. The van der Waals surface area contributed by atoms with E-state index in [1.54, 1.807) is 36.7 Å². The molecule has 0 aromatic carbocycles. The van der Waals surface area contributed by atoms with Crippen molar-refractivity contribution in [2.75, 3.05) is 5.73 Å². The fourth-order valence-electron chi connectivity index (χ4n) is 1.33. The van der Waals surface area contributed by atoms with Crippen molar-refractivity contribution in [2.45, 2.75) is 0 Å². The smallest absolute Gasteiger partial charge is 0.117 e. The summed E-state index contributed by atoms with van der Waals surface area (Å²) in [6.45, 7) is 0. The van der Waals surface area contributed by atoms with E-state index in [1.165, 1.54) is 0 Å². The standard InChI is InChI=1S/C11H8N4S.Co/c12-8-3-1-5-13-10(8)11-9(15-7-16)4-2-6-14-11;/h1-6H,12H2;. The molecule has 17 heavy (non-hydrogen) atoms. The van der Waals surface area contributed by atoms with Crippen molar-refractivity contribution in [3.63, 3.8) is 0 Å². The summed E-state index contributed by atoms with van der Waals surface area (Å²) in [5.74, 6) is 0. The second-order valence-corrected chi connectivity index (χ2v) is 3.20. The summed E-state index contributed by atoms with van der Waals surface area (Å²) in [5.41, 5.74) is 8.21. The van der Waals surface area contributed by atoms with Crippen molar-refractivity contribution >= 4 is 28.8 Å². The van der Waals surface area contributed by atoms with Crippen LogP contribution >= 0.6 is 12.2 Å². The molecule has 87 valence electrons. The Labute approximate surface area is 114 Å². The zero-order valence-electron chi connectivity index (χ0n) is 8.62. The van der Waals surface area contributed by atoms with Gasteiger partial charge < -0.3 is 5.73 Å². The Morgan fingerprint density at radius 2 is 1.76 bits per heavy atom. The molecule has 0 unspecified atom stereocenters. The molecule has 0 saturated heterocycles. The second-order valence-electron chi connectivity index (χ2n) is 3.02. The topological polar surface area (TPSA) is 64.2 Å². The molecular weight excluding hydrogens is 279 g/mol. The molecule has 2 aromatic rings. The van der Waals surface area contributed by atoms with Gasteiger partial charge >= 0.3 is 0 Å². The van der Waals surface area contributed by atoms with Crippen LogP contribution in [0.2, 0.25) is 0 Å². The van der Waals surface area contributed by atoms with Crippen LogP contribution in [-0.2, 0) is 16.8 Å². The van der Waals surface area contributed by atoms with Gasteiger partial charge in [0.2, 0.25) is 0 Å². The van der Waals surface area contributed by atoms with E-state index in [9.17, 15) is 0 Å². The Bertz CT molecular complexity index is 567. The molecule has 0 aliphatic heterocycles. The van der Waals surface area contributed by atoms with Gasteiger partial charge in [-0.15, -0.1) is 0 Å². The molecule has 0 amide bonds. The minimum atomic E-state index is 0. The molecule has 0 aliphatic rings. The third-order valence-electron chi connectivity index (χ3n) is 2.02. The van der Waals surface area contributed by atoms with Crippen molar-refractivity contribution in [2.24, 2.45) is 4.99 Å². The number of aromatic nitrogens is 2. The molecule has 6 heteroatoms. The number of rotatable bonds is 2. The van der Waals surface area contributed by atoms with E-state index >= 15 is 0 Å². The number of nitrogen functional groups attached to an aromatic ring is 1. The van der Waals surface area contributed by atoms with Crippen LogP contribution in [-0.4, -0.2) is 15.1 Å². The van der Waals surface area contributed by atoms with Crippen molar-refractivity contribution in [3.05, 3.63) is 36.7 Å². The van der Waals surface area contributed by atoms with Crippen LogP contribution < -0.4 is 5.73 Å². The molecular formula is C11H8CoN4S. The molecule has 0 aliphatic carbocycles. The average Bonchev–Trinajstić information content (AvgIpc) is 2.31. The minimum Gasteiger partial charge on any atom is -0.397 e. The largest absolute Gasteiger partial charge is 0.397 e. The third-order valence-corrected chi connectivity index (χ3v) is 2.11. The number of nitrogens with two attached hydrogens (primary N) is 1. The van der Waals surface area contributed by atoms with E-state index < -0.39 is 0 Å². The van der Waals surface area contributed by atoms with E-state index in [0.29, 0.717) is 22.8 Å². The summed E-state index contributed by atoms with van der Waals surface area (Å²) in [6.07, 6.45) is 3.32. The number of pyridine rings is 2. The van der Waals surface area contributed by atoms with Gasteiger partial charge in [0.1, 0.15) is 17.1 Å². The van der Waals surface area contributed by atoms with Gasteiger partial charge in [0.05, 0.1) is 10.8 Å². The SMILES string of the molecule is Nc1cccnc1-c1ncccc1N=C=S.[Co]. The molecule has 1 radical (unpaired) electrons. The van der Waals surface area contributed by atoms with Crippen molar-refractivity contribution in [3.8, 4) is 11.4 Å². The van der Waals surface area contributed by atoms with Crippen LogP contribution in [0, 0.1) is 0 Å². The molecule has 0 fully saturated rings. The summed E-state index contributed by atoms with van der Waals surface area (Å²) in [7, 11) is 0. The quantitative estimate of drug-likeness (QED) is 0.680. The van der Waals surface area contributed by atoms with Gasteiger partial charge in [-0.3, -0.25) is 9.97 Å². The van der Waals surface area contributed by atoms with Gasteiger partial charge in [0, 0.05) is 29.2 Å².